The first kappa shape index (κ1) is 11.5. The highest BCUT2D eigenvalue weighted by molar-refractivity contribution is 5.37. The first-order valence-corrected chi connectivity index (χ1v) is 5.12. The van der Waals surface area contributed by atoms with Crippen molar-refractivity contribution in [1.82, 2.24) is 4.98 Å². The van der Waals surface area contributed by atoms with Crippen molar-refractivity contribution in [2.45, 2.75) is 26.7 Å². The van der Waals surface area contributed by atoms with Crippen LogP contribution in [0.4, 0.5) is 0 Å². The van der Waals surface area contributed by atoms with Crippen LogP contribution in [0.3, 0.4) is 0 Å². The predicted octanol–water partition coefficient (Wildman–Crippen LogP) is 1.27. The summed E-state index contributed by atoms with van der Waals surface area (Å²) in [4.78, 5) is 15.2. The van der Waals surface area contributed by atoms with Crippen LogP contribution >= 0.6 is 0 Å². The van der Waals surface area contributed by atoms with Crippen molar-refractivity contribution in [2.24, 2.45) is 0 Å². The topological polar surface area (TPSA) is 32.9 Å². The first-order valence-electron chi connectivity index (χ1n) is 5.12. The predicted molar refractivity (Wildman–Crippen MR) is 65.2 cm³/mol. The fraction of sp³-hybridized carbons (Fsp3) is 0.308. The zero-order valence-corrected chi connectivity index (χ0v) is 9.50. The maximum absolute atomic E-state index is 12.1. The molecule has 1 aromatic rings. The molecular formula is C13H17NO. The van der Waals surface area contributed by atoms with Crippen molar-refractivity contribution in [3.8, 4) is 0 Å². The molecule has 0 unspecified atom stereocenters. The highest BCUT2D eigenvalue weighted by atomic mass is 16.1. The smallest absolute Gasteiger partial charge is 0.192 e. The first-order chi connectivity index (χ1) is 7.11. The molecule has 1 N–H and O–H groups in total. The Labute approximate surface area is 89.7 Å². The molecule has 0 aliphatic rings. The second-order valence-corrected chi connectivity index (χ2v) is 3.75. The number of hydrogen-bond donors (Lipinski definition) is 1. The summed E-state index contributed by atoms with van der Waals surface area (Å²) in [6.07, 6.45) is 7.07. The van der Waals surface area contributed by atoms with Crippen LogP contribution in [0.15, 0.2) is 23.6 Å². The molecule has 0 atom stereocenters. The van der Waals surface area contributed by atoms with Crippen LogP contribution in [0.25, 0.3) is 12.2 Å². The highest BCUT2D eigenvalue weighted by Gasteiger charge is 2.04. The normalized spacial score (nSPS) is 13.6. The van der Waals surface area contributed by atoms with E-state index < -0.39 is 0 Å². The third-order valence-electron chi connectivity index (χ3n) is 2.38. The van der Waals surface area contributed by atoms with Crippen molar-refractivity contribution in [1.29, 1.82) is 0 Å². The van der Waals surface area contributed by atoms with E-state index in [2.05, 4.69) is 11.6 Å². The van der Waals surface area contributed by atoms with Gasteiger partial charge in [0.1, 0.15) is 0 Å². The Kier molecular flexibility index (Phi) is 3.67. The van der Waals surface area contributed by atoms with E-state index in [4.69, 9.17) is 0 Å². The van der Waals surface area contributed by atoms with Crippen molar-refractivity contribution in [3.63, 3.8) is 0 Å². The van der Waals surface area contributed by atoms with Gasteiger partial charge < -0.3 is 4.98 Å². The Morgan fingerprint density at radius 3 is 2.60 bits per heavy atom. The number of aromatic amines is 1. The average Bonchev–Trinajstić information content (AvgIpc) is 2.20. The van der Waals surface area contributed by atoms with E-state index in [0.29, 0.717) is 5.22 Å². The van der Waals surface area contributed by atoms with Gasteiger partial charge in [0.05, 0.1) is 0 Å². The zero-order valence-electron chi connectivity index (χ0n) is 9.50. The van der Waals surface area contributed by atoms with Crippen LogP contribution in [0, 0.1) is 0 Å². The molecule has 0 saturated heterocycles. The third-order valence-corrected chi connectivity index (χ3v) is 2.38. The summed E-state index contributed by atoms with van der Waals surface area (Å²) >= 11 is 0. The van der Waals surface area contributed by atoms with Gasteiger partial charge in [0.15, 0.2) is 5.43 Å². The largest absolute Gasteiger partial charge is 0.361 e. The number of rotatable bonds is 2. The molecule has 0 spiro atoms. The van der Waals surface area contributed by atoms with Gasteiger partial charge in [0.25, 0.3) is 0 Å². The molecule has 1 rings (SSSR count). The molecule has 1 aromatic heterocycles. The average molecular weight is 203 g/mol. The highest BCUT2D eigenvalue weighted by Crippen LogP contribution is 2.04. The SMILES string of the molecule is C=C/C=c1/c(=O)c(C(C)C)c[nH]/c1=C/C. The van der Waals surface area contributed by atoms with Gasteiger partial charge in [-0.1, -0.05) is 32.6 Å². The van der Waals surface area contributed by atoms with E-state index in [1.54, 1.807) is 18.3 Å². The van der Waals surface area contributed by atoms with Gasteiger partial charge in [-0.2, -0.15) is 0 Å². The number of pyridine rings is 1. The molecular weight excluding hydrogens is 186 g/mol. The van der Waals surface area contributed by atoms with Crippen molar-refractivity contribution in [3.05, 3.63) is 45.2 Å². The van der Waals surface area contributed by atoms with Crippen molar-refractivity contribution < 1.29 is 0 Å². The zero-order chi connectivity index (χ0) is 11.4. The lowest BCUT2D eigenvalue weighted by molar-refractivity contribution is 0.842. The summed E-state index contributed by atoms with van der Waals surface area (Å²) in [5.41, 5.74) is 0.908. The fourth-order valence-electron chi connectivity index (χ4n) is 1.53. The van der Waals surface area contributed by atoms with Gasteiger partial charge in [-0.25, -0.2) is 0 Å². The van der Waals surface area contributed by atoms with E-state index in [-0.39, 0.29) is 11.3 Å². The fourth-order valence-corrected chi connectivity index (χ4v) is 1.53. The van der Waals surface area contributed by atoms with Crippen LogP contribution in [0.5, 0.6) is 0 Å². The van der Waals surface area contributed by atoms with E-state index in [1.807, 2.05) is 26.8 Å². The summed E-state index contributed by atoms with van der Waals surface area (Å²) in [6, 6.07) is 0. The number of H-pyrrole nitrogens is 1. The molecule has 0 amide bonds. The minimum Gasteiger partial charge on any atom is -0.361 e. The maximum atomic E-state index is 12.1. The Balaban J connectivity index is 3.74. The molecule has 2 nitrogen and oxygen atoms in total. The van der Waals surface area contributed by atoms with E-state index in [1.165, 1.54) is 0 Å². The van der Waals surface area contributed by atoms with Crippen molar-refractivity contribution >= 4 is 12.2 Å². The molecule has 1 heterocycles. The molecule has 0 fully saturated rings. The number of hydrogen-bond acceptors (Lipinski definition) is 1. The van der Waals surface area contributed by atoms with Gasteiger partial charge in [-0.05, 0) is 18.9 Å². The summed E-state index contributed by atoms with van der Waals surface area (Å²) in [7, 11) is 0. The monoisotopic (exact) mass is 203 g/mol. The lowest BCUT2D eigenvalue weighted by Gasteiger charge is -2.03. The van der Waals surface area contributed by atoms with E-state index in [0.717, 1.165) is 10.9 Å². The Morgan fingerprint density at radius 2 is 2.13 bits per heavy atom. The molecule has 15 heavy (non-hydrogen) atoms. The molecule has 0 aliphatic heterocycles. The third kappa shape index (κ3) is 2.27. The standard InChI is InChI=1S/C13H17NO/c1-5-7-10-12(6-2)14-8-11(9(3)4)13(10)15/h5-9,14H,1H2,2-4H3/b10-7+,12-6+. The van der Waals surface area contributed by atoms with Crippen LogP contribution < -0.4 is 16.0 Å². The summed E-state index contributed by atoms with van der Waals surface area (Å²) in [5, 5.41) is 1.54. The van der Waals surface area contributed by atoms with Gasteiger partial charge in [0, 0.05) is 22.3 Å². The molecule has 2 heteroatoms. The quantitative estimate of drug-likeness (QED) is 0.771. The Hall–Kier alpha value is -1.57. The van der Waals surface area contributed by atoms with Gasteiger partial charge >= 0.3 is 0 Å². The second kappa shape index (κ2) is 4.78. The molecule has 80 valence electrons. The van der Waals surface area contributed by atoms with Crippen LogP contribution in [0.2, 0.25) is 0 Å². The molecule has 0 aliphatic carbocycles. The lowest BCUT2D eigenvalue weighted by Crippen LogP contribution is -2.42. The van der Waals surface area contributed by atoms with Crippen molar-refractivity contribution in [2.75, 3.05) is 0 Å². The second-order valence-electron chi connectivity index (χ2n) is 3.75. The lowest BCUT2D eigenvalue weighted by atomic mass is 10.0. The molecule has 0 saturated carbocycles. The molecule has 0 bridgehead atoms. The van der Waals surface area contributed by atoms with Gasteiger partial charge in [-0.3, -0.25) is 4.79 Å². The maximum Gasteiger partial charge on any atom is 0.192 e. The summed E-state index contributed by atoms with van der Waals surface area (Å²) in [5.74, 6) is 0.233. The minimum atomic E-state index is 0.0942. The number of allylic oxidation sites excluding steroid dienone is 1. The van der Waals surface area contributed by atoms with E-state index >= 15 is 0 Å². The van der Waals surface area contributed by atoms with E-state index in [9.17, 15) is 4.79 Å². The van der Waals surface area contributed by atoms with Crippen LogP contribution in [0.1, 0.15) is 32.3 Å². The summed E-state index contributed by atoms with van der Waals surface area (Å²) in [6.45, 7) is 9.55. The minimum absolute atomic E-state index is 0.0942. The Bertz CT molecular complexity index is 520. The van der Waals surface area contributed by atoms with Gasteiger partial charge in [0.2, 0.25) is 0 Å². The number of nitrogens with one attached hydrogen (secondary N) is 1. The van der Waals surface area contributed by atoms with Gasteiger partial charge in [-0.15, -0.1) is 0 Å². The Morgan fingerprint density at radius 1 is 1.47 bits per heavy atom. The number of aromatic nitrogens is 1. The van der Waals surface area contributed by atoms with Crippen LogP contribution in [-0.4, -0.2) is 4.98 Å². The molecule has 0 aromatic carbocycles. The molecule has 0 radical (unpaired) electrons. The summed E-state index contributed by atoms with van der Waals surface area (Å²) < 4.78 is 0. The van der Waals surface area contributed by atoms with Crippen LogP contribution in [-0.2, 0) is 0 Å².